The molecule has 1 aromatic heterocycles. The Morgan fingerprint density at radius 1 is 1.43 bits per heavy atom. The average Bonchev–Trinajstić information content (AvgIpc) is 2.89. The molecule has 1 aliphatic heterocycles. The molecule has 1 saturated heterocycles. The van der Waals surface area contributed by atoms with Crippen molar-refractivity contribution in [3.63, 3.8) is 0 Å². The van der Waals surface area contributed by atoms with Crippen LogP contribution >= 0.6 is 0 Å². The van der Waals surface area contributed by atoms with Gasteiger partial charge in [-0.05, 0) is 12.1 Å². The van der Waals surface area contributed by atoms with Crippen LogP contribution in [-0.4, -0.2) is 35.8 Å². The second kappa shape index (κ2) is 4.84. The van der Waals surface area contributed by atoms with E-state index in [9.17, 15) is 22.7 Å². The van der Waals surface area contributed by atoms with Crippen molar-refractivity contribution in [3.05, 3.63) is 24.0 Å². The first-order valence-corrected chi connectivity index (χ1v) is 7.79. The highest BCUT2D eigenvalue weighted by atomic mass is 32.2. The maximum atomic E-state index is 14.8. The number of halogens is 1. The Morgan fingerprint density at radius 2 is 2.13 bits per heavy atom. The van der Waals surface area contributed by atoms with Gasteiger partial charge in [-0.1, -0.05) is 0 Å². The maximum absolute atomic E-state index is 14.8. The first-order chi connectivity index (χ1) is 10.7. The first kappa shape index (κ1) is 15.1. The maximum Gasteiger partial charge on any atom is 0.326 e. The summed E-state index contributed by atoms with van der Waals surface area (Å²) in [7, 11) is -2.69. The molecule has 1 aromatic carbocycles. The number of hydrogen-bond acceptors (Lipinski definition) is 6. The number of rotatable bonds is 2. The van der Waals surface area contributed by atoms with Gasteiger partial charge in [-0.25, -0.2) is 13.4 Å². The zero-order chi connectivity index (χ0) is 16.9. The van der Waals surface area contributed by atoms with Crippen LogP contribution in [0.3, 0.4) is 0 Å². The van der Waals surface area contributed by atoms with Crippen molar-refractivity contribution in [2.24, 2.45) is 7.05 Å². The standard InChI is InChI=1S/C12H12FN5O4S/c1-17-9(14)4-7(15-17)6-2-3-8(19)12(11(6)13)18-5-10(20)16-23(18,21)22/h2-4,19H,5,14H2,1H3,(H,16,20). The molecule has 0 bridgehead atoms. The third-order valence-corrected chi connectivity index (χ3v) is 4.73. The fourth-order valence-electron chi connectivity index (χ4n) is 2.25. The molecule has 0 aliphatic carbocycles. The number of carbonyl (C=O) groups excluding carboxylic acids is 1. The van der Waals surface area contributed by atoms with Gasteiger partial charge in [0.25, 0.3) is 5.91 Å². The van der Waals surface area contributed by atoms with Crippen molar-refractivity contribution in [2.75, 3.05) is 16.6 Å². The van der Waals surface area contributed by atoms with Crippen LogP contribution in [-0.2, 0) is 22.1 Å². The zero-order valence-electron chi connectivity index (χ0n) is 11.8. The molecule has 122 valence electrons. The summed E-state index contributed by atoms with van der Waals surface area (Å²) in [6.07, 6.45) is 0. The molecule has 4 N–H and O–H groups in total. The SMILES string of the molecule is Cn1nc(-c2ccc(O)c(N3CC(=O)NS3(=O)=O)c2F)cc1N. The van der Waals surface area contributed by atoms with Crippen LogP contribution < -0.4 is 14.8 Å². The minimum atomic E-state index is -4.25. The van der Waals surface area contributed by atoms with Crippen LogP contribution in [0.5, 0.6) is 5.75 Å². The number of aryl methyl sites for hydroxylation is 1. The summed E-state index contributed by atoms with van der Waals surface area (Å²) in [4.78, 5) is 11.3. The number of anilines is 2. The summed E-state index contributed by atoms with van der Waals surface area (Å²) in [6, 6.07) is 3.77. The molecule has 3 rings (SSSR count). The molecule has 0 radical (unpaired) electrons. The lowest BCUT2D eigenvalue weighted by Gasteiger charge is -2.18. The third kappa shape index (κ3) is 2.34. The normalized spacial score (nSPS) is 16.6. The van der Waals surface area contributed by atoms with Crippen molar-refractivity contribution in [2.45, 2.75) is 0 Å². The van der Waals surface area contributed by atoms with Gasteiger partial charge in [-0.2, -0.15) is 13.5 Å². The highest BCUT2D eigenvalue weighted by molar-refractivity contribution is 7.92. The van der Waals surface area contributed by atoms with Crippen molar-refractivity contribution >= 4 is 27.6 Å². The van der Waals surface area contributed by atoms with Gasteiger partial charge in [0.2, 0.25) is 0 Å². The van der Waals surface area contributed by atoms with Gasteiger partial charge in [0.05, 0.1) is 5.69 Å². The number of carbonyl (C=O) groups is 1. The number of hydrogen-bond donors (Lipinski definition) is 3. The second-order valence-electron chi connectivity index (χ2n) is 4.91. The van der Waals surface area contributed by atoms with E-state index in [1.807, 2.05) is 0 Å². The minimum Gasteiger partial charge on any atom is -0.506 e. The Bertz CT molecular complexity index is 904. The number of benzene rings is 1. The molecule has 1 fully saturated rings. The number of phenols is 1. The Balaban J connectivity index is 2.19. The summed E-state index contributed by atoms with van der Waals surface area (Å²) >= 11 is 0. The lowest BCUT2D eigenvalue weighted by molar-refractivity contribution is -0.117. The van der Waals surface area contributed by atoms with E-state index in [0.29, 0.717) is 4.31 Å². The van der Waals surface area contributed by atoms with Crippen LogP contribution in [0.15, 0.2) is 18.2 Å². The average molecular weight is 341 g/mol. The van der Waals surface area contributed by atoms with Crippen LogP contribution in [0.2, 0.25) is 0 Å². The van der Waals surface area contributed by atoms with Crippen LogP contribution in [0.1, 0.15) is 0 Å². The van der Waals surface area contributed by atoms with Crippen LogP contribution in [0.25, 0.3) is 11.3 Å². The molecule has 2 heterocycles. The van der Waals surface area contributed by atoms with Crippen molar-refractivity contribution in [1.29, 1.82) is 0 Å². The van der Waals surface area contributed by atoms with Crippen molar-refractivity contribution < 1.29 is 22.7 Å². The van der Waals surface area contributed by atoms with E-state index in [0.717, 1.165) is 6.07 Å². The summed E-state index contributed by atoms with van der Waals surface area (Å²) in [5.74, 6) is -2.19. The summed E-state index contributed by atoms with van der Waals surface area (Å²) < 4.78 is 42.0. The number of nitrogens with one attached hydrogen (secondary N) is 1. The molecule has 0 spiro atoms. The quantitative estimate of drug-likeness (QED) is 0.687. The minimum absolute atomic E-state index is 0.0559. The van der Waals surface area contributed by atoms with Gasteiger partial charge in [-0.3, -0.25) is 9.48 Å². The van der Waals surface area contributed by atoms with E-state index in [1.54, 1.807) is 11.8 Å². The van der Waals surface area contributed by atoms with Gasteiger partial charge in [0, 0.05) is 18.7 Å². The van der Waals surface area contributed by atoms with E-state index >= 15 is 0 Å². The molecule has 0 atom stereocenters. The lowest BCUT2D eigenvalue weighted by Crippen LogP contribution is -2.30. The number of aromatic nitrogens is 2. The van der Waals surface area contributed by atoms with Gasteiger partial charge in [0.1, 0.15) is 23.8 Å². The molecule has 9 nitrogen and oxygen atoms in total. The van der Waals surface area contributed by atoms with Crippen LogP contribution in [0.4, 0.5) is 15.9 Å². The fourth-order valence-corrected chi connectivity index (χ4v) is 3.41. The Labute approximate surface area is 130 Å². The monoisotopic (exact) mass is 341 g/mol. The molecule has 1 amide bonds. The van der Waals surface area contributed by atoms with Gasteiger partial charge < -0.3 is 10.8 Å². The molecule has 1 aliphatic rings. The zero-order valence-corrected chi connectivity index (χ0v) is 12.6. The highest BCUT2D eigenvalue weighted by Crippen LogP contribution is 2.38. The number of nitrogens with two attached hydrogens (primary N) is 1. The first-order valence-electron chi connectivity index (χ1n) is 6.35. The molecule has 0 unspecified atom stereocenters. The van der Waals surface area contributed by atoms with Crippen molar-refractivity contribution in [3.8, 4) is 17.0 Å². The fraction of sp³-hybridized carbons (Fsp3) is 0.167. The largest absolute Gasteiger partial charge is 0.506 e. The van der Waals surface area contributed by atoms with E-state index in [4.69, 9.17) is 5.73 Å². The van der Waals surface area contributed by atoms with Gasteiger partial charge in [-0.15, -0.1) is 0 Å². The Hall–Kier alpha value is -2.82. The molecular weight excluding hydrogens is 329 g/mol. The van der Waals surface area contributed by atoms with E-state index in [-0.39, 0.29) is 17.1 Å². The summed E-state index contributed by atoms with van der Waals surface area (Å²) in [5.41, 5.74) is 5.14. The third-order valence-electron chi connectivity index (χ3n) is 3.36. The smallest absolute Gasteiger partial charge is 0.326 e. The predicted molar refractivity (Wildman–Crippen MR) is 79.1 cm³/mol. The summed E-state index contributed by atoms with van der Waals surface area (Å²) in [5, 5.41) is 13.9. The Morgan fingerprint density at radius 3 is 2.65 bits per heavy atom. The highest BCUT2D eigenvalue weighted by Gasteiger charge is 2.38. The Kier molecular flexibility index (Phi) is 3.18. The topological polar surface area (TPSA) is 131 Å². The number of phenolic OH excluding ortho intramolecular Hbond substituents is 1. The number of nitrogens with zero attached hydrogens (tertiary/aromatic N) is 3. The van der Waals surface area contributed by atoms with Crippen molar-refractivity contribution in [1.82, 2.24) is 14.5 Å². The van der Waals surface area contributed by atoms with Crippen LogP contribution in [0, 0.1) is 5.82 Å². The molecule has 23 heavy (non-hydrogen) atoms. The molecular formula is C12H12FN5O4S. The number of amides is 1. The number of aromatic hydroxyl groups is 1. The molecule has 0 saturated carbocycles. The van der Waals surface area contributed by atoms with Gasteiger partial charge >= 0.3 is 10.2 Å². The summed E-state index contributed by atoms with van der Waals surface area (Å²) in [6.45, 7) is -0.624. The molecule has 2 aromatic rings. The molecule has 11 heteroatoms. The lowest BCUT2D eigenvalue weighted by atomic mass is 10.1. The second-order valence-corrected chi connectivity index (χ2v) is 6.50. The predicted octanol–water partition coefficient (Wildman–Crippen LogP) is -0.305. The van der Waals surface area contributed by atoms with E-state index in [2.05, 4.69) is 5.10 Å². The van der Waals surface area contributed by atoms with E-state index < -0.39 is 39.9 Å². The van der Waals surface area contributed by atoms with E-state index in [1.165, 1.54) is 16.8 Å². The van der Waals surface area contributed by atoms with Gasteiger partial charge in [0.15, 0.2) is 5.82 Å². The number of nitrogen functional groups attached to an aromatic ring is 1.